The van der Waals surface area contributed by atoms with Crippen LogP contribution in [-0.2, 0) is 0 Å². The fraction of sp³-hybridized carbons (Fsp3) is 1.00. The molecule has 0 saturated carbocycles. The Hall–Kier alpha value is 0. The minimum atomic E-state index is 0. The molecule has 0 heteroatoms. The molecule has 0 heterocycles. The summed E-state index contributed by atoms with van der Waals surface area (Å²) in [7, 11) is 0. The first kappa shape index (κ1) is 39.5. The lowest BCUT2D eigenvalue weighted by molar-refractivity contribution is 0.476. The van der Waals surface area contributed by atoms with E-state index in [1.807, 2.05) is 0 Å². The van der Waals surface area contributed by atoms with Crippen LogP contribution in [0.3, 0.4) is 0 Å². The van der Waals surface area contributed by atoms with E-state index in [1.165, 1.54) is 57.8 Å². The molecule has 0 aromatic carbocycles. The number of hydrogen-bond donors (Lipinski definition) is 0. The topological polar surface area (TPSA) is 0 Å². The summed E-state index contributed by atoms with van der Waals surface area (Å²) in [6, 6.07) is 0. The third-order valence-corrected chi connectivity index (χ3v) is 4.70. The van der Waals surface area contributed by atoms with Gasteiger partial charge < -0.3 is 0 Å². The van der Waals surface area contributed by atoms with Crippen molar-refractivity contribution in [3.63, 3.8) is 0 Å². The summed E-state index contributed by atoms with van der Waals surface area (Å²) in [5.74, 6) is 5.35. The molecule has 0 nitrogen and oxygen atoms in total. The Kier molecular flexibility index (Phi) is 38.1. The maximum absolute atomic E-state index is 2.30. The Labute approximate surface area is 191 Å². The molecule has 0 fully saturated rings. The molecule has 0 aromatic rings. The Morgan fingerprint density at radius 3 is 0.621 bits per heavy atom. The lowest BCUT2D eigenvalue weighted by atomic mass is 10.0. The minimum absolute atomic E-state index is 0. The first-order chi connectivity index (χ1) is 12.4. The summed E-state index contributed by atoms with van der Waals surface area (Å²) in [6.07, 6.45) is 12.7. The molecule has 184 valence electrons. The van der Waals surface area contributed by atoms with Crippen LogP contribution in [0.2, 0.25) is 0 Å². The zero-order valence-electron chi connectivity index (χ0n) is 21.8. The van der Waals surface area contributed by atoms with Gasteiger partial charge in [0.2, 0.25) is 0 Å². The second-order valence-electron chi connectivity index (χ2n) is 11.2. The van der Waals surface area contributed by atoms with Gasteiger partial charge in [-0.25, -0.2) is 0 Å². The molecule has 0 aliphatic rings. The first-order valence-corrected chi connectivity index (χ1v) is 12.4. The molecule has 0 amide bonds. The first-order valence-electron chi connectivity index (χ1n) is 12.4. The van der Waals surface area contributed by atoms with Crippen LogP contribution in [0.5, 0.6) is 0 Å². The molecule has 0 spiro atoms. The molecule has 29 heavy (non-hydrogen) atoms. The van der Waals surface area contributed by atoms with Crippen LogP contribution < -0.4 is 0 Å². The smallest absolute Gasteiger partial charge is 0.0471 e. The second-order valence-corrected chi connectivity index (χ2v) is 11.2. The molecule has 0 aliphatic carbocycles. The molecule has 0 saturated heterocycles. The molecule has 0 bridgehead atoms. The maximum atomic E-state index is 2.30. The molecule has 0 unspecified atom stereocenters. The Morgan fingerprint density at radius 1 is 0.276 bits per heavy atom. The van der Waals surface area contributed by atoms with Gasteiger partial charge in [0.25, 0.3) is 0 Å². The maximum Gasteiger partial charge on any atom is -0.0471 e. The van der Waals surface area contributed by atoms with Crippen molar-refractivity contribution in [2.75, 3.05) is 0 Å². The van der Waals surface area contributed by atoms with Crippen molar-refractivity contribution in [1.82, 2.24) is 0 Å². The van der Waals surface area contributed by atoms with Crippen LogP contribution in [-0.4, -0.2) is 0 Å². The van der Waals surface area contributed by atoms with Crippen LogP contribution >= 0.6 is 0 Å². The number of unbranched alkanes of at least 4 members (excludes halogenated alkanes) is 1. The lowest BCUT2D eigenvalue weighted by Gasteiger charge is -2.05. The van der Waals surface area contributed by atoms with E-state index in [2.05, 4.69) is 83.1 Å². The fourth-order valence-corrected chi connectivity index (χ4v) is 2.71. The summed E-state index contributed by atoms with van der Waals surface area (Å²) >= 11 is 0. The largest absolute Gasteiger partial charge is 0.0776 e. The Bertz CT molecular complexity index is 219. The van der Waals surface area contributed by atoms with Gasteiger partial charge in [0, 0.05) is 0 Å². The van der Waals surface area contributed by atoms with Crippen LogP contribution in [0.1, 0.15) is 156 Å². The predicted molar refractivity (Wildman–Crippen MR) is 144 cm³/mol. The van der Waals surface area contributed by atoms with Crippen molar-refractivity contribution in [3.8, 4) is 0 Å². The van der Waals surface area contributed by atoms with E-state index in [0.29, 0.717) is 0 Å². The third-order valence-electron chi connectivity index (χ3n) is 4.70. The predicted octanol–water partition coefficient (Wildman–Crippen LogP) is 11.7. The van der Waals surface area contributed by atoms with Crippen molar-refractivity contribution in [3.05, 3.63) is 0 Å². The normalized spacial score (nSPS) is 10.6. The average Bonchev–Trinajstić information content (AvgIpc) is 2.50. The molecule has 0 aliphatic heterocycles. The monoisotopic (exact) mass is 417 g/mol. The van der Waals surface area contributed by atoms with Gasteiger partial charge in [-0.3, -0.25) is 0 Å². The van der Waals surface area contributed by atoms with Crippen molar-refractivity contribution in [2.24, 2.45) is 35.5 Å². The molecular formula is C29H68. The summed E-state index contributed by atoms with van der Waals surface area (Å²) < 4.78 is 0. The molecule has 0 aromatic heterocycles. The van der Waals surface area contributed by atoms with Crippen molar-refractivity contribution in [2.45, 2.75) is 156 Å². The van der Waals surface area contributed by atoms with Gasteiger partial charge in [0.1, 0.15) is 0 Å². The summed E-state index contributed by atoms with van der Waals surface area (Å²) in [4.78, 5) is 0. The van der Waals surface area contributed by atoms with E-state index in [0.717, 1.165) is 35.5 Å². The molecule has 0 N–H and O–H groups in total. The van der Waals surface area contributed by atoms with E-state index >= 15 is 0 Å². The third kappa shape index (κ3) is 58.4. The van der Waals surface area contributed by atoms with Gasteiger partial charge in [-0.05, 0) is 35.5 Å². The quantitative estimate of drug-likeness (QED) is 0.277. The van der Waals surface area contributed by atoms with Crippen LogP contribution in [0.25, 0.3) is 0 Å². The van der Waals surface area contributed by atoms with Gasteiger partial charge in [0.05, 0.1) is 0 Å². The highest BCUT2D eigenvalue weighted by Gasteiger charge is 1.97. The van der Waals surface area contributed by atoms with E-state index < -0.39 is 0 Å². The van der Waals surface area contributed by atoms with Gasteiger partial charge in [-0.1, -0.05) is 156 Å². The Balaban J connectivity index is -0.0000000966. The highest BCUT2D eigenvalue weighted by atomic mass is 14.0. The minimum Gasteiger partial charge on any atom is -0.0776 e. The summed E-state index contributed by atoms with van der Waals surface area (Å²) in [6.45, 7) is 27.5. The number of rotatable bonds is 12. The fourth-order valence-electron chi connectivity index (χ4n) is 2.71. The van der Waals surface area contributed by atoms with Crippen LogP contribution in [0.4, 0.5) is 0 Å². The SMILES string of the molecule is C.C.CC(C)CCC(C)C.CC(C)CCCC(C)C.CC(C)CCCCC(C)C. The molecular weight excluding hydrogens is 348 g/mol. The van der Waals surface area contributed by atoms with Gasteiger partial charge in [-0.2, -0.15) is 0 Å². The second kappa shape index (κ2) is 28.0. The van der Waals surface area contributed by atoms with E-state index in [4.69, 9.17) is 0 Å². The molecule has 0 atom stereocenters. The van der Waals surface area contributed by atoms with E-state index in [-0.39, 0.29) is 14.9 Å². The lowest BCUT2D eigenvalue weighted by Crippen LogP contribution is -1.91. The van der Waals surface area contributed by atoms with Gasteiger partial charge >= 0.3 is 0 Å². The zero-order chi connectivity index (χ0) is 21.8. The highest BCUT2D eigenvalue weighted by Crippen LogP contribution is 2.12. The Morgan fingerprint density at radius 2 is 0.448 bits per heavy atom. The van der Waals surface area contributed by atoms with Crippen molar-refractivity contribution < 1.29 is 0 Å². The molecule has 0 radical (unpaired) electrons. The average molecular weight is 417 g/mol. The molecule has 0 rings (SSSR count). The highest BCUT2D eigenvalue weighted by molar-refractivity contribution is 4.50. The standard InChI is InChI=1S/C10H22.C9H20.C8H18.2CH4/c1-9(2)7-5-6-8-10(3)4;1-8(2)6-5-7-9(3)4;1-7(2)5-6-8(3)4;;/h9-10H,5-8H2,1-4H3;8-9H,5-7H2,1-4H3;7-8H,5-6H2,1-4H3;2*1H4. The van der Waals surface area contributed by atoms with Gasteiger partial charge in [0.15, 0.2) is 0 Å². The van der Waals surface area contributed by atoms with Crippen molar-refractivity contribution in [1.29, 1.82) is 0 Å². The van der Waals surface area contributed by atoms with Crippen molar-refractivity contribution >= 4 is 0 Å². The number of hydrogen-bond acceptors (Lipinski definition) is 0. The summed E-state index contributed by atoms with van der Waals surface area (Å²) in [5, 5.41) is 0. The van der Waals surface area contributed by atoms with Crippen LogP contribution in [0, 0.1) is 35.5 Å². The van der Waals surface area contributed by atoms with E-state index in [9.17, 15) is 0 Å². The van der Waals surface area contributed by atoms with Crippen LogP contribution in [0.15, 0.2) is 0 Å². The summed E-state index contributed by atoms with van der Waals surface area (Å²) in [5.41, 5.74) is 0. The zero-order valence-corrected chi connectivity index (χ0v) is 21.8. The van der Waals surface area contributed by atoms with Gasteiger partial charge in [-0.15, -0.1) is 0 Å². The van der Waals surface area contributed by atoms with E-state index in [1.54, 1.807) is 0 Å².